The quantitative estimate of drug-likeness (QED) is 0.543. The van der Waals surface area contributed by atoms with E-state index in [1.165, 1.54) is 17.3 Å². The zero-order valence-corrected chi connectivity index (χ0v) is 17.8. The van der Waals surface area contributed by atoms with E-state index in [0.717, 1.165) is 43.8 Å². The largest absolute Gasteiger partial charge is 0.497 e. The van der Waals surface area contributed by atoms with Gasteiger partial charge in [-0.25, -0.2) is 0 Å². The number of thioether (sulfide) groups is 1. The number of piperidine rings is 1. The standard InChI is InChI=1S/C22H25N5O2S/c1-29-20-9-7-19(8-10-20)27-22(23-24-25-27)30-16-21(28)26-13-11-18(12-14-26)15-17-5-3-2-4-6-17/h2-10,18H,11-16H2,1H3. The van der Waals surface area contributed by atoms with E-state index in [2.05, 4.69) is 39.8 Å². The van der Waals surface area contributed by atoms with Crippen molar-refractivity contribution in [3.63, 3.8) is 0 Å². The fraction of sp³-hybridized carbons (Fsp3) is 0.364. The number of likely N-dealkylation sites (tertiary alicyclic amines) is 1. The first-order chi connectivity index (χ1) is 14.7. The summed E-state index contributed by atoms with van der Waals surface area (Å²) in [6, 6.07) is 18.1. The minimum absolute atomic E-state index is 0.141. The Balaban J connectivity index is 1.28. The number of nitrogens with zero attached hydrogens (tertiary/aromatic N) is 5. The fourth-order valence-corrected chi connectivity index (χ4v) is 4.50. The summed E-state index contributed by atoms with van der Waals surface area (Å²) in [6.07, 6.45) is 3.19. The molecule has 0 atom stereocenters. The highest BCUT2D eigenvalue weighted by Crippen LogP contribution is 2.24. The molecule has 7 nitrogen and oxygen atoms in total. The number of benzene rings is 2. The van der Waals surface area contributed by atoms with Crippen LogP contribution < -0.4 is 4.74 Å². The Morgan fingerprint density at radius 3 is 2.53 bits per heavy atom. The summed E-state index contributed by atoms with van der Waals surface area (Å²) in [7, 11) is 1.63. The molecular formula is C22H25N5O2S. The molecule has 0 radical (unpaired) electrons. The molecule has 0 unspecified atom stereocenters. The second-order valence-electron chi connectivity index (χ2n) is 7.37. The SMILES string of the molecule is COc1ccc(-n2nnnc2SCC(=O)N2CCC(Cc3ccccc3)CC2)cc1. The van der Waals surface area contributed by atoms with Gasteiger partial charge in [-0.2, -0.15) is 4.68 Å². The van der Waals surface area contributed by atoms with E-state index in [4.69, 9.17) is 4.74 Å². The Bertz CT molecular complexity index is 953. The van der Waals surface area contributed by atoms with Crippen molar-refractivity contribution in [2.75, 3.05) is 26.0 Å². The van der Waals surface area contributed by atoms with Crippen molar-refractivity contribution >= 4 is 17.7 Å². The molecule has 0 aliphatic carbocycles. The van der Waals surface area contributed by atoms with Crippen LogP contribution in [-0.4, -0.2) is 57.0 Å². The predicted octanol–water partition coefficient (Wildman–Crippen LogP) is 3.24. The van der Waals surface area contributed by atoms with Crippen LogP contribution >= 0.6 is 11.8 Å². The Morgan fingerprint density at radius 1 is 1.10 bits per heavy atom. The number of carbonyl (C=O) groups is 1. The van der Waals surface area contributed by atoms with Crippen LogP contribution in [0.25, 0.3) is 5.69 Å². The van der Waals surface area contributed by atoms with E-state index in [-0.39, 0.29) is 5.91 Å². The number of hydrogen-bond donors (Lipinski definition) is 0. The summed E-state index contributed by atoms with van der Waals surface area (Å²) in [5, 5.41) is 12.5. The van der Waals surface area contributed by atoms with E-state index < -0.39 is 0 Å². The molecule has 1 aliphatic heterocycles. The summed E-state index contributed by atoms with van der Waals surface area (Å²) in [6.45, 7) is 1.64. The highest BCUT2D eigenvalue weighted by atomic mass is 32.2. The summed E-state index contributed by atoms with van der Waals surface area (Å²) in [5.41, 5.74) is 2.21. The van der Waals surface area contributed by atoms with Crippen LogP contribution in [0.5, 0.6) is 5.75 Å². The molecule has 1 fully saturated rings. The molecule has 0 N–H and O–H groups in total. The summed E-state index contributed by atoms with van der Waals surface area (Å²) in [5.74, 6) is 1.89. The van der Waals surface area contributed by atoms with Crippen LogP contribution in [0.3, 0.4) is 0 Å². The first-order valence-electron chi connectivity index (χ1n) is 10.1. The average Bonchev–Trinajstić information content (AvgIpc) is 3.27. The Labute approximate surface area is 180 Å². The maximum Gasteiger partial charge on any atom is 0.233 e. The number of rotatable bonds is 7. The molecule has 2 aromatic carbocycles. The van der Waals surface area contributed by atoms with Gasteiger partial charge in [0.1, 0.15) is 5.75 Å². The van der Waals surface area contributed by atoms with Crippen molar-refractivity contribution in [1.29, 1.82) is 0 Å². The Hall–Kier alpha value is -2.87. The third-order valence-corrected chi connectivity index (χ3v) is 6.32. The normalized spacial score (nSPS) is 14.6. The number of carbonyl (C=O) groups excluding carboxylic acids is 1. The topological polar surface area (TPSA) is 73.1 Å². The summed E-state index contributed by atoms with van der Waals surface area (Å²) < 4.78 is 6.83. The molecule has 1 amide bonds. The molecule has 4 rings (SSSR count). The second-order valence-corrected chi connectivity index (χ2v) is 8.32. The average molecular weight is 424 g/mol. The maximum absolute atomic E-state index is 12.7. The molecule has 0 saturated carbocycles. The lowest BCUT2D eigenvalue weighted by molar-refractivity contribution is -0.129. The van der Waals surface area contributed by atoms with Gasteiger partial charge in [-0.05, 0) is 65.4 Å². The van der Waals surface area contributed by atoms with E-state index in [1.54, 1.807) is 11.8 Å². The molecule has 1 saturated heterocycles. The molecule has 2 heterocycles. The zero-order chi connectivity index (χ0) is 20.8. The molecule has 156 valence electrons. The van der Waals surface area contributed by atoms with Crippen LogP contribution in [0.1, 0.15) is 18.4 Å². The Kier molecular flexibility index (Phi) is 6.63. The van der Waals surface area contributed by atoms with E-state index in [9.17, 15) is 4.79 Å². The second kappa shape index (κ2) is 9.75. The number of hydrogen-bond acceptors (Lipinski definition) is 6. The van der Waals surface area contributed by atoms with E-state index >= 15 is 0 Å². The molecule has 1 aliphatic rings. The lowest BCUT2D eigenvalue weighted by Gasteiger charge is -2.32. The summed E-state index contributed by atoms with van der Waals surface area (Å²) in [4.78, 5) is 14.7. The minimum Gasteiger partial charge on any atom is -0.497 e. The van der Waals surface area contributed by atoms with Gasteiger partial charge >= 0.3 is 0 Å². The van der Waals surface area contributed by atoms with Crippen molar-refractivity contribution in [3.05, 3.63) is 60.2 Å². The van der Waals surface area contributed by atoms with Crippen molar-refractivity contribution in [3.8, 4) is 11.4 Å². The van der Waals surface area contributed by atoms with Gasteiger partial charge in [0.25, 0.3) is 0 Å². The minimum atomic E-state index is 0.141. The molecule has 8 heteroatoms. The van der Waals surface area contributed by atoms with Crippen molar-refractivity contribution in [2.45, 2.75) is 24.4 Å². The molecule has 3 aromatic rings. The monoisotopic (exact) mass is 423 g/mol. The van der Waals surface area contributed by atoms with Gasteiger partial charge in [-0.3, -0.25) is 4.79 Å². The maximum atomic E-state index is 12.7. The molecular weight excluding hydrogens is 398 g/mol. The lowest BCUT2D eigenvalue weighted by Crippen LogP contribution is -2.39. The van der Waals surface area contributed by atoms with Crippen molar-refractivity contribution in [2.24, 2.45) is 5.92 Å². The number of ether oxygens (including phenoxy) is 1. The van der Waals surface area contributed by atoms with E-state index in [1.807, 2.05) is 35.2 Å². The van der Waals surface area contributed by atoms with Gasteiger partial charge in [0.2, 0.25) is 11.1 Å². The third-order valence-electron chi connectivity index (χ3n) is 5.42. The first-order valence-corrected chi connectivity index (χ1v) is 11.1. The number of amides is 1. The van der Waals surface area contributed by atoms with Gasteiger partial charge < -0.3 is 9.64 Å². The molecule has 0 spiro atoms. The van der Waals surface area contributed by atoms with Crippen LogP contribution in [0, 0.1) is 5.92 Å². The Morgan fingerprint density at radius 2 is 1.83 bits per heavy atom. The third kappa shape index (κ3) is 4.99. The van der Waals surface area contributed by atoms with Crippen LogP contribution in [0.15, 0.2) is 59.8 Å². The highest BCUT2D eigenvalue weighted by molar-refractivity contribution is 7.99. The first kappa shape index (κ1) is 20.4. The fourth-order valence-electron chi connectivity index (χ4n) is 3.71. The highest BCUT2D eigenvalue weighted by Gasteiger charge is 2.23. The van der Waals surface area contributed by atoms with E-state index in [0.29, 0.717) is 16.8 Å². The van der Waals surface area contributed by atoms with Crippen LogP contribution in [0.2, 0.25) is 0 Å². The van der Waals surface area contributed by atoms with Gasteiger partial charge in [-0.1, -0.05) is 42.1 Å². The van der Waals surface area contributed by atoms with Gasteiger partial charge in [-0.15, -0.1) is 5.10 Å². The number of tetrazole rings is 1. The van der Waals surface area contributed by atoms with Gasteiger partial charge in [0, 0.05) is 13.1 Å². The summed E-state index contributed by atoms with van der Waals surface area (Å²) >= 11 is 1.37. The lowest BCUT2D eigenvalue weighted by atomic mass is 9.90. The predicted molar refractivity (Wildman–Crippen MR) is 116 cm³/mol. The molecule has 30 heavy (non-hydrogen) atoms. The number of methoxy groups -OCH3 is 1. The van der Waals surface area contributed by atoms with Crippen molar-refractivity contribution in [1.82, 2.24) is 25.1 Å². The molecule has 0 bridgehead atoms. The number of aromatic nitrogens is 4. The van der Waals surface area contributed by atoms with Gasteiger partial charge in [0.05, 0.1) is 18.6 Å². The van der Waals surface area contributed by atoms with Gasteiger partial charge in [0.15, 0.2) is 0 Å². The van der Waals surface area contributed by atoms with Crippen LogP contribution in [0.4, 0.5) is 0 Å². The smallest absolute Gasteiger partial charge is 0.233 e. The zero-order valence-electron chi connectivity index (χ0n) is 17.0. The van der Waals surface area contributed by atoms with Crippen molar-refractivity contribution < 1.29 is 9.53 Å². The molecule has 1 aromatic heterocycles. The van der Waals surface area contributed by atoms with Crippen LogP contribution in [-0.2, 0) is 11.2 Å².